The van der Waals surface area contributed by atoms with Crippen LogP contribution in [0, 0.1) is 11.3 Å². The van der Waals surface area contributed by atoms with E-state index in [1.54, 1.807) is 0 Å². The minimum atomic E-state index is -1.00. The van der Waals surface area contributed by atoms with Crippen molar-refractivity contribution in [2.24, 2.45) is 11.3 Å². The zero-order valence-corrected chi connectivity index (χ0v) is 20.1. The Kier molecular flexibility index (Phi) is 10.7. The number of ether oxygens (including phenoxy) is 1. The lowest BCUT2D eigenvalue weighted by molar-refractivity contribution is -0.255. The molecule has 1 saturated heterocycles. The van der Waals surface area contributed by atoms with Crippen molar-refractivity contribution >= 4 is 31.2 Å². The Morgan fingerprint density at radius 1 is 1.25 bits per heavy atom. The highest BCUT2D eigenvalue weighted by Gasteiger charge is 2.53. The first-order valence-electron chi connectivity index (χ1n) is 9.78. The van der Waals surface area contributed by atoms with Crippen LogP contribution in [0.5, 0.6) is 0 Å². The summed E-state index contributed by atoms with van der Waals surface area (Å²) in [5, 5.41) is 21.3. The Bertz CT molecular complexity index is 505. The molecule has 0 bridgehead atoms. The quantitative estimate of drug-likeness (QED) is 0.317. The van der Waals surface area contributed by atoms with Crippen molar-refractivity contribution in [2.45, 2.75) is 77.5 Å². The van der Waals surface area contributed by atoms with Gasteiger partial charge in [0.25, 0.3) is 0 Å². The summed E-state index contributed by atoms with van der Waals surface area (Å²) in [6.45, 7) is 14.1. The molecular weight excluding hydrogens is 392 g/mol. The number of hydrogen-bond donors (Lipinski definition) is 2. The highest BCUT2D eigenvalue weighted by molar-refractivity contribution is 7.77. The Balaban J connectivity index is 2.96. The largest absolute Gasteiger partial charge is 0.390 e. The van der Waals surface area contributed by atoms with Gasteiger partial charge in [0, 0.05) is 18.3 Å². The maximum atomic E-state index is 10.8. The van der Waals surface area contributed by atoms with Crippen LogP contribution in [0.4, 0.5) is 0 Å². The van der Waals surface area contributed by atoms with E-state index in [2.05, 4.69) is 13.8 Å². The summed E-state index contributed by atoms with van der Waals surface area (Å²) in [5.74, 6) is 0.276. The van der Waals surface area contributed by atoms with Crippen LogP contribution < -0.4 is 0 Å². The Morgan fingerprint density at radius 2 is 1.86 bits per heavy atom. The molecule has 1 heterocycles. The lowest BCUT2D eigenvalue weighted by Crippen LogP contribution is -2.62. The zero-order chi connectivity index (χ0) is 21.7. The number of aliphatic hydroxyl groups excluding tert-OH is 2. The minimum Gasteiger partial charge on any atom is -0.390 e. The van der Waals surface area contributed by atoms with Crippen molar-refractivity contribution in [3.05, 3.63) is 12.2 Å². The topological polar surface area (TPSA) is 68.2 Å². The first kappa shape index (κ1) is 26.6. The molecule has 0 saturated carbocycles. The van der Waals surface area contributed by atoms with Gasteiger partial charge in [-0.3, -0.25) is 0 Å². The molecule has 28 heavy (non-hydrogen) atoms. The maximum Gasteiger partial charge on any atom is 0.148 e. The SMILES string of the molecule is [B]P(C)OC/C=C/C(C)(C)[C@]1(C)OC(C[C@@H](OP([B])C)C(C)C)C[C@H](O)[C@@H]1O. The summed E-state index contributed by atoms with van der Waals surface area (Å²) in [7, 11) is 9.65. The van der Waals surface area contributed by atoms with Crippen LogP contribution >= 0.6 is 16.1 Å². The number of aliphatic hydroxyl groups is 2. The molecule has 0 aromatic carbocycles. The predicted molar refractivity (Wildman–Crippen MR) is 120 cm³/mol. The molecule has 1 aliphatic heterocycles. The van der Waals surface area contributed by atoms with Crippen molar-refractivity contribution < 1.29 is 24.0 Å². The Labute approximate surface area is 176 Å². The van der Waals surface area contributed by atoms with Crippen LogP contribution in [0.3, 0.4) is 0 Å². The summed E-state index contributed by atoms with van der Waals surface area (Å²) in [6, 6.07) is 0. The van der Waals surface area contributed by atoms with Crippen molar-refractivity contribution in [1.82, 2.24) is 0 Å². The van der Waals surface area contributed by atoms with Crippen LogP contribution in [0.1, 0.15) is 47.5 Å². The van der Waals surface area contributed by atoms with E-state index in [4.69, 9.17) is 28.9 Å². The van der Waals surface area contributed by atoms with Crippen molar-refractivity contribution in [3.63, 3.8) is 0 Å². The Hall–Kier alpha value is 0.530. The molecular formula is C19H36B2O5P2. The van der Waals surface area contributed by atoms with E-state index in [1.165, 1.54) is 0 Å². The smallest absolute Gasteiger partial charge is 0.148 e. The molecule has 1 fully saturated rings. The summed E-state index contributed by atoms with van der Waals surface area (Å²) >= 11 is 0. The lowest BCUT2D eigenvalue weighted by Gasteiger charge is -2.52. The van der Waals surface area contributed by atoms with E-state index < -0.39 is 39.3 Å². The molecule has 0 aliphatic carbocycles. The van der Waals surface area contributed by atoms with Crippen molar-refractivity contribution in [1.29, 1.82) is 0 Å². The molecule has 7 atom stereocenters. The van der Waals surface area contributed by atoms with Crippen molar-refractivity contribution in [3.8, 4) is 0 Å². The second kappa shape index (κ2) is 11.2. The van der Waals surface area contributed by atoms with Crippen LogP contribution in [0.15, 0.2) is 12.2 Å². The molecule has 3 unspecified atom stereocenters. The van der Waals surface area contributed by atoms with Crippen molar-refractivity contribution in [2.75, 3.05) is 19.9 Å². The van der Waals surface area contributed by atoms with Crippen LogP contribution in [0.2, 0.25) is 0 Å². The summed E-state index contributed by atoms with van der Waals surface area (Å²) in [6.07, 6.45) is 2.68. The van der Waals surface area contributed by atoms with Crippen LogP contribution in [-0.4, -0.2) is 75.3 Å². The zero-order valence-electron chi connectivity index (χ0n) is 18.3. The van der Waals surface area contributed by atoms with E-state index in [0.717, 1.165) is 0 Å². The molecule has 5 nitrogen and oxygen atoms in total. The fourth-order valence-corrected chi connectivity index (χ4v) is 4.56. The highest BCUT2D eigenvalue weighted by atomic mass is 31.1. The molecule has 0 aromatic rings. The molecule has 1 aliphatic rings. The minimum absolute atomic E-state index is 0.0572. The third-order valence-corrected chi connectivity index (χ3v) is 6.73. The monoisotopic (exact) mass is 428 g/mol. The van der Waals surface area contributed by atoms with Gasteiger partial charge in [0.05, 0.1) is 24.9 Å². The first-order chi connectivity index (χ1) is 12.8. The fourth-order valence-electron chi connectivity index (χ4n) is 3.49. The molecule has 158 valence electrons. The summed E-state index contributed by atoms with van der Waals surface area (Å²) in [4.78, 5) is 0. The van der Waals surface area contributed by atoms with Gasteiger partial charge in [-0.1, -0.05) is 39.8 Å². The molecule has 0 aromatic heterocycles. The molecule has 0 spiro atoms. The molecule has 4 radical (unpaired) electrons. The second-order valence-electron chi connectivity index (χ2n) is 8.73. The summed E-state index contributed by atoms with van der Waals surface area (Å²) in [5.41, 5.74) is -1.51. The molecule has 0 amide bonds. The molecule has 1 rings (SSSR count). The van der Waals surface area contributed by atoms with Gasteiger partial charge in [0.1, 0.15) is 26.8 Å². The van der Waals surface area contributed by atoms with Gasteiger partial charge in [-0.2, -0.15) is 0 Å². The fraction of sp³-hybridized carbons (Fsp3) is 0.895. The van der Waals surface area contributed by atoms with Gasteiger partial charge in [0.15, 0.2) is 0 Å². The normalized spacial score (nSPS) is 32.6. The van der Waals surface area contributed by atoms with Crippen LogP contribution in [0.25, 0.3) is 0 Å². The van der Waals surface area contributed by atoms with E-state index >= 15 is 0 Å². The van der Waals surface area contributed by atoms with Crippen LogP contribution in [-0.2, 0) is 13.8 Å². The van der Waals surface area contributed by atoms with E-state index in [-0.39, 0.29) is 18.1 Å². The van der Waals surface area contributed by atoms with Gasteiger partial charge in [-0.05, 0) is 42.2 Å². The Morgan fingerprint density at radius 3 is 2.36 bits per heavy atom. The average Bonchev–Trinajstić information content (AvgIpc) is 2.55. The highest BCUT2D eigenvalue weighted by Crippen LogP contribution is 2.45. The lowest BCUT2D eigenvalue weighted by atomic mass is 9.68. The number of rotatable bonds is 10. The van der Waals surface area contributed by atoms with Gasteiger partial charge >= 0.3 is 0 Å². The van der Waals surface area contributed by atoms with Gasteiger partial charge in [-0.25, -0.2) is 0 Å². The summed E-state index contributed by atoms with van der Waals surface area (Å²) < 4.78 is 17.8. The molecule has 2 N–H and O–H groups in total. The third kappa shape index (κ3) is 7.34. The van der Waals surface area contributed by atoms with E-state index in [9.17, 15) is 10.2 Å². The average molecular weight is 428 g/mol. The third-order valence-electron chi connectivity index (χ3n) is 5.57. The standard InChI is InChI=1S/C19H36B2O5P2/c1-13(2)16(26-28(7)21)12-14-11-15(22)17(23)19(5,25-14)18(3,4)9-8-10-24-27(6)20/h8-9,13-17,22-23H,10-12H2,1-7H3/b9-8+/t14?,15-,16+,17-,19+,27?,28?/m0/s1. The second-order valence-corrected chi connectivity index (χ2v) is 11.4. The maximum absolute atomic E-state index is 10.8. The first-order valence-corrected chi connectivity index (χ1v) is 13.3. The number of hydrogen-bond acceptors (Lipinski definition) is 5. The molecule has 9 heteroatoms. The predicted octanol–water partition coefficient (Wildman–Crippen LogP) is 3.51. The van der Waals surface area contributed by atoms with E-state index in [1.807, 2.05) is 46.3 Å². The van der Waals surface area contributed by atoms with Gasteiger partial charge < -0.3 is 24.0 Å². The van der Waals surface area contributed by atoms with Gasteiger partial charge in [-0.15, -0.1) is 0 Å². The van der Waals surface area contributed by atoms with Gasteiger partial charge in [0.2, 0.25) is 0 Å². The van der Waals surface area contributed by atoms with E-state index in [0.29, 0.717) is 19.4 Å².